The van der Waals surface area contributed by atoms with E-state index < -0.39 is 0 Å². The van der Waals surface area contributed by atoms with Gasteiger partial charge in [-0.3, -0.25) is 4.79 Å². The lowest BCUT2D eigenvalue weighted by Crippen LogP contribution is -2.14. The number of carbonyl (C=O) groups excluding carboxylic acids is 1. The molecule has 0 fully saturated rings. The van der Waals surface area contributed by atoms with Crippen molar-refractivity contribution in [2.75, 3.05) is 11.1 Å². The van der Waals surface area contributed by atoms with Gasteiger partial charge >= 0.3 is 0 Å². The Labute approximate surface area is 199 Å². The Balaban J connectivity index is 1.42. The van der Waals surface area contributed by atoms with Crippen molar-refractivity contribution in [1.82, 2.24) is 19.7 Å². The first-order valence-electron chi connectivity index (χ1n) is 10.6. The van der Waals surface area contributed by atoms with Crippen LogP contribution in [0.25, 0.3) is 33.5 Å². The van der Waals surface area contributed by atoms with Crippen molar-refractivity contribution in [3.8, 4) is 22.6 Å². The number of hydrogen-bond acceptors (Lipinski definition) is 5. The second kappa shape index (κ2) is 9.44. The molecule has 5 aromatic rings. The summed E-state index contributed by atoms with van der Waals surface area (Å²) in [6.07, 6.45) is 0. The maximum Gasteiger partial charge on any atom is 0.234 e. The fraction of sp³-hybridized carbons (Fsp3) is 0.0769. The average molecular weight is 470 g/mol. The minimum Gasteiger partial charge on any atom is -0.325 e. The molecule has 0 saturated heterocycles. The van der Waals surface area contributed by atoms with E-state index in [1.807, 2.05) is 72.3 Å². The van der Waals surface area contributed by atoms with Gasteiger partial charge in [-0.2, -0.15) is 0 Å². The number of pyridine rings is 1. The zero-order valence-corrected chi connectivity index (χ0v) is 19.1. The second-order valence-corrected chi connectivity index (χ2v) is 8.59. The molecule has 34 heavy (non-hydrogen) atoms. The van der Waals surface area contributed by atoms with Gasteiger partial charge in [-0.25, -0.2) is 9.37 Å². The van der Waals surface area contributed by atoms with E-state index in [4.69, 9.17) is 4.98 Å². The fourth-order valence-corrected chi connectivity index (χ4v) is 4.36. The molecule has 0 atom stereocenters. The quantitative estimate of drug-likeness (QED) is 0.329. The molecule has 6 nitrogen and oxygen atoms in total. The Morgan fingerprint density at radius 1 is 0.971 bits per heavy atom. The maximum absolute atomic E-state index is 13.1. The number of benzene rings is 3. The van der Waals surface area contributed by atoms with Gasteiger partial charge in [0.2, 0.25) is 5.91 Å². The summed E-state index contributed by atoms with van der Waals surface area (Å²) in [5.74, 6) is 0.285. The highest BCUT2D eigenvalue weighted by Crippen LogP contribution is 2.32. The van der Waals surface area contributed by atoms with Crippen LogP contribution >= 0.6 is 11.8 Å². The van der Waals surface area contributed by atoms with Crippen LogP contribution in [-0.2, 0) is 11.8 Å². The van der Waals surface area contributed by atoms with Crippen molar-refractivity contribution >= 4 is 34.3 Å². The summed E-state index contributed by atoms with van der Waals surface area (Å²) in [7, 11) is 1.88. The van der Waals surface area contributed by atoms with Crippen LogP contribution in [0, 0.1) is 5.82 Å². The van der Waals surface area contributed by atoms with Crippen molar-refractivity contribution < 1.29 is 9.18 Å². The van der Waals surface area contributed by atoms with Gasteiger partial charge in [0.15, 0.2) is 11.0 Å². The van der Waals surface area contributed by atoms with Crippen LogP contribution in [0.4, 0.5) is 10.1 Å². The zero-order chi connectivity index (χ0) is 23.5. The number of amides is 1. The van der Waals surface area contributed by atoms with Gasteiger partial charge in [0.05, 0.1) is 17.0 Å². The summed E-state index contributed by atoms with van der Waals surface area (Å²) in [4.78, 5) is 17.2. The summed E-state index contributed by atoms with van der Waals surface area (Å²) in [6, 6.07) is 25.6. The Bertz CT molecular complexity index is 1470. The third kappa shape index (κ3) is 4.53. The lowest BCUT2D eigenvalue weighted by Gasteiger charge is -2.10. The van der Waals surface area contributed by atoms with Gasteiger partial charge < -0.3 is 9.88 Å². The summed E-state index contributed by atoms with van der Waals surface area (Å²) in [5, 5.41) is 13.1. The Morgan fingerprint density at radius 2 is 1.71 bits per heavy atom. The van der Waals surface area contributed by atoms with Gasteiger partial charge in [-0.05, 0) is 36.4 Å². The third-order valence-electron chi connectivity index (χ3n) is 5.32. The van der Waals surface area contributed by atoms with E-state index in [2.05, 4.69) is 15.5 Å². The highest BCUT2D eigenvalue weighted by atomic mass is 32.2. The maximum atomic E-state index is 13.1. The van der Waals surface area contributed by atoms with E-state index >= 15 is 0 Å². The van der Waals surface area contributed by atoms with E-state index in [9.17, 15) is 9.18 Å². The number of hydrogen-bond donors (Lipinski definition) is 1. The summed E-state index contributed by atoms with van der Waals surface area (Å²) < 4.78 is 14.9. The molecule has 0 aliphatic carbocycles. The van der Waals surface area contributed by atoms with Gasteiger partial charge in [0.25, 0.3) is 0 Å². The first kappa shape index (κ1) is 21.8. The summed E-state index contributed by atoms with van der Waals surface area (Å²) in [6.45, 7) is 0. The third-order valence-corrected chi connectivity index (χ3v) is 6.34. The van der Waals surface area contributed by atoms with Gasteiger partial charge in [0.1, 0.15) is 5.82 Å². The van der Waals surface area contributed by atoms with Gasteiger partial charge in [0, 0.05) is 29.2 Å². The van der Waals surface area contributed by atoms with Crippen LogP contribution in [0.5, 0.6) is 0 Å². The molecule has 0 unspecified atom stereocenters. The molecule has 0 spiro atoms. The topological polar surface area (TPSA) is 72.7 Å². The minimum atomic E-state index is -0.349. The van der Waals surface area contributed by atoms with Gasteiger partial charge in [-0.15, -0.1) is 10.2 Å². The van der Waals surface area contributed by atoms with Crippen molar-refractivity contribution in [2.45, 2.75) is 5.16 Å². The largest absolute Gasteiger partial charge is 0.325 e. The highest BCUT2D eigenvalue weighted by Gasteiger charge is 2.17. The van der Waals surface area contributed by atoms with E-state index in [1.165, 1.54) is 36.0 Å². The van der Waals surface area contributed by atoms with Crippen molar-refractivity contribution in [3.05, 3.63) is 90.7 Å². The normalized spacial score (nSPS) is 11.0. The molecule has 1 amide bonds. The van der Waals surface area contributed by atoms with E-state index in [1.54, 1.807) is 0 Å². The Morgan fingerprint density at radius 3 is 2.50 bits per heavy atom. The van der Waals surface area contributed by atoms with E-state index in [-0.39, 0.29) is 17.5 Å². The second-order valence-electron chi connectivity index (χ2n) is 7.65. The van der Waals surface area contributed by atoms with Crippen LogP contribution in [0.2, 0.25) is 0 Å². The number of nitrogens with zero attached hydrogens (tertiary/aromatic N) is 4. The van der Waals surface area contributed by atoms with Crippen molar-refractivity contribution in [1.29, 1.82) is 0 Å². The summed E-state index contributed by atoms with van der Waals surface area (Å²) in [5.41, 5.74) is 4.20. The molecular weight excluding hydrogens is 449 g/mol. The van der Waals surface area contributed by atoms with E-state index in [0.717, 1.165) is 27.7 Å². The Kier molecular flexibility index (Phi) is 6.05. The number of halogens is 1. The van der Waals surface area contributed by atoms with Crippen molar-refractivity contribution in [2.24, 2.45) is 7.05 Å². The lowest BCUT2D eigenvalue weighted by atomic mass is 10.0. The molecular formula is C26H20FN5OS. The number of thioether (sulfide) groups is 1. The number of nitrogens with one attached hydrogen (secondary N) is 1. The summed E-state index contributed by atoms with van der Waals surface area (Å²) >= 11 is 1.29. The molecule has 0 saturated carbocycles. The van der Waals surface area contributed by atoms with Crippen LogP contribution in [0.1, 0.15) is 0 Å². The zero-order valence-electron chi connectivity index (χ0n) is 18.3. The molecule has 168 valence electrons. The first-order chi connectivity index (χ1) is 16.6. The predicted octanol–water partition coefficient (Wildman–Crippen LogP) is 5.57. The number of fused-ring (bicyclic) bond motifs is 1. The van der Waals surface area contributed by atoms with Gasteiger partial charge in [-0.1, -0.05) is 60.3 Å². The first-order valence-corrected chi connectivity index (χ1v) is 11.6. The number of para-hydroxylation sites is 1. The molecule has 0 radical (unpaired) electrons. The standard InChI is InChI=1S/C26H20FN5OS/c1-32-25(30-31-26(32)34-16-24(33)28-19-13-11-18(27)12-14-19)21-15-23(17-7-3-2-4-8-17)29-22-10-6-5-9-20(21)22/h2-15H,16H2,1H3,(H,28,33). The number of anilines is 1. The van der Waals surface area contributed by atoms with Crippen LogP contribution < -0.4 is 5.32 Å². The monoisotopic (exact) mass is 469 g/mol. The molecule has 0 aliphatic heterocycles. The molecule has 0 bridgehead atoms. The van der Waals surface area contributed by atoms with E-state index in [0.29, 0.717) is 16.7 Å². The average Bonchev–Trinajstić information content (AvgIpc) is 3.24. The Hall–Kier alpha value is -4.04. The van der Waals surface area contributed by atoms with Crippen LogP contribution in [0.3, 0.4) is 0 Å². The SMILES string of the molecule is Cn1c(SCC(=O)Nc2ccc(F)cc2)nnc1-c1cc(-c2ccccc2)nc2ccccc12. The molecule has 2 heterocycles. The molecule has 0 aliphatic rings. The smallest absolute Gasteiger partial charge is 0.234 e. The number of rotatable bonds is 6. The molecule has 5 rings (SSSR count). The molecule has 2 aromatic heterocycles. The number of carbonyl (C=O) groups is 1. The fourth-order valence-electron chi connectivity index (χ4n) is 3.65. The minimum absolute atomic E-state index is 0.149. The predicted molar refractivity (Wildman–Crippen MR) is 133 cm³/mol. The number of aromatic nitrogens is 4. The van der Waals surface area contributed by atoms with Crippen LogP contribution in [0.15, 0.2) is 90.1 Å². The molecule has 8 heteroatoms. The molecule has 3 aromatic carbocycles. The molecule has 1 N–H and O–H groups in total. The highest BCUT2D eigenvalue weighted by molar-refractivity contribution is 7.99. The van der Waals surface area contributed by atoms with Crippen molar-refractivity contribution in [3.63, 3.8) is 0 Å². The van der Waals surface area contributed by atoms with Crippen LogP contribution in [-0.4, -0.2) is 31.4 Å². The lowest BCUT2D eigenvalue weighted by molar-refractivity contribution is -0.113.